The van der Waals surface area contributed by atoms with Crippen LogP contribution in [0.25, 0.3) is 0 Å². The van der Waals surface area contributed by atoms with Gasteiger partial charge in [0.05, 0.1) is 12.2 Å². The second-order valence-electron chi connectivity index (χ2n) is 7.03. The summed E-state index contributed by atoms with van der Waals surface area (Å²) in [5.41, 5.74) is 0.865. The molecule has 0 aromatic carbocycles. The highest BCUT2D eigenvalue weighted by atomic mass is 32.2. The molecule has 1 heterocycles. The van der Waals surface area contributed by atoms with E-state index in [1.807, 2.05) is 16.8 Å². The van der Waals surface area contributed by atoms with E-state index in [4.69, 9.17) is 0 Å². The van der Waals surface area contributed by atoms with E-state index in [-0.39, 0.29) is 24.3 Å². The fraction of sp³-hybridized carbons (Fsp3) is 0.632. The lowest BCUT2D eigenvalue weighted by Gasteiger charge is -2.21. The van der Waals surface area contributed by atoms with Crippen molar-refractivity contribution in [3.8, 4) is 0 Å². The molecule has 29 heavy (non-hydrogen) atoms. The highest BCUT2D eigenvalue weighted by Gasteiger charge is 2.37. The van der Waals surface area contributed by atoms with Gasteiger partial charge in [0.15, 0.2) is 0 Å². The predicted molar refractivity (Wildman–Crippen MR) is 108 cm³/mol. The molecule has 1 aromatic heterocycles. The number of amides is 2. The van der Waals surface area contributed by atoms with Crippen LogP contribution in [0.5, 0.6) is 0 Å². The smallest absolute Gasteiger partial charge is 0.352 e. The summed E-state index contributed by atoms with van der Waals surface area (Å²) in [6.07, 6.45) is 0.0255. The monoisotopic (exact) mass is 450 g/mol. The quantitative estimate of drug-likeness (QED) is 0.506. The van der Waals surface area contributed by atoms with E-state index in [2.05, 4.69) is 10.6 Å². The van der Waals surface area contributed by atoms with Gasteiger partial charge in [0, 0.05) is 6.04 Å². The number of alkyl halides is 3. The standard InChI is InChI=1S/C19H25F3N2O3S2/c20-19(21,22)16(25)12-28-8-3-6-15(18(27)23-14-4-1-2-5-14)24-17(26)10-13-7-9-29-11-13/h7,9,11,14-15H,1-6,8,10,12H2,(H,23,27)(H,24,26)/t15-/m0/s1. The molecule has 1 aliphatic rings. The van der Waals surface area contributed by atoms with Crippen LogP contribution in [0.15, 0.2) is 16.8 Å². The first-order chi connectivity index (χ1) is 13.8. The van der Waals surface area contributed by atoms with Gasteiger partial charge in [-0.25, -0.2) is 0 Å². The molecule has 1 saturated carbocycles. The Bertz CT molecular complexity index is 675. The third-order valence-corrected chi connectivity index (χ3v) is 6.40. The Balaban J connectivity index is 1.81. The van der Waals surface area contributed by atoms with Crippen molar-refractivity contribution in [3.63, 3.8) is 0 Å². The van der Waals surface area contributed by atoms with Crippen LogP contribution in [0.1, 0.15) is 44.1 Å². The van der Waals surface area contributed by atoms with Crippen LogP contribution in [0.3, 0.4) is 0 Å². The average molecular weight is 451 g/mol. The maximum Gasteiger partial charge on any atom is 0.450 e. The van der Waals surface area contributed by atoms with Crippen molar-refractivity contribution < 1.29 is 27.6 Å². The molecule has 0 bridgehead atoms. The summed E-state index contributed by atoms with van der Waals surface area (Å²) >= 11 is 2.37. The van der Waals surface area contributed by atoms with Gasteiger partial charge >= 0.3 is 6.18 Å². The second-order valence-corrected chi connectivity index (χ2v) is 8.92. The number of carbonyl (C=O) groups is 3. The van der Waals surface area contributed by atoms with Crippen molar-refractivity contribution in [1.29, 1.82) is 0 Å². The Hall–Kier alpha value is -1.55. The topological polar surface area (TPSA) is 75.3 Å². The zero-order valence-electron chi connectivity index (χ0n) is 15.9. The van der Waals surface area contributed by atoms with E-state index in [0.717, 1.165) is 43.0 Å². The van der Waals surface area contributed by atoms with Crippen LogP contribution in [-0.4, -0.2) is 47.4 Å². The third kappa shape index (κ3) is 8.77. The molecule has 0 spiro atoms. The van der Waals surface area contributed by atoms with Gasteiger partial charge in [-0.05, 0) is 53.8 Å². The Labute approximate surface area is 176 Å². The number of ketones is 1. The Morgan fingerprint density at radius 2 is 1.97 bits per heavy atom. The fourth-order valence-electron chi connectivity index (χ4n) is 3.10. The molecule has 1 aliphatic carbocycles. The van der Waals surface area contributed by atoms with E-state index >= 15 is 0 Å². The largest absolute Gasteiger partial charge is 0.450 e. The first-order valence-corrected chi connectivity index (χ1v) is 11.6. The van der Waals surface area contributed by atoms with Crippen molar-refractivity contribution >= 4 is 40.7 Å². The normalized spacial score (nSPS) is 15.8. The molecular weight excluding hydrogens is 425 g/mol. The highest BCUT2D eigenvalue weighted by molar-refractivity contribution is 7.99. The van der Waals surface area contributed by atoms with Gasteiger partial charge in [-0.2, -0.15) is 36.3 Å². The number of nitrogens with one attached hydrogen (secondary N) is 2. The number of rotatable bonds is 11. The number of thioether (sulfide) groups is 1. The Morgan fingerprint density at radius 3 is 2.59 bits per heavy atom. The zero-order chi connectivity index (χ0) is 21.3. The van der Waals surface area contributed by atoms with E-state index in [0.29, 0.717) is 18.6 Å². The molecule has 1 atom stereocenters. The van der Waals surface area contributed by atoms with Crippen molar-refractivity contribution in [1.82, 2.24) is 10.6 Å². The molecule has 162 valence electrons. The van der Waals surface area contributed by atoms with Gasteiger partial charge in [0.25, 0.3) is 0 Å². The zero-order valence-corrected chi connectivity index (χ0v) is 17.6. The van der Waals surface area contributed by atoms with Gasteiger partial charge in [0.2, 0.25) is 17.6 Å². The van der Waals surface area contributed by atoms with Crippen molar-refractivity contribution in [3.05, 3.63) is 22.4 Å². The summed E-state index contributed by atoms with van der Waals surface area (Å²) in [4.78, 5) is 35.8. The first-order valence-electron chi connectivity index (χ1n) is 9.54. The summed E-state index contributed by atoms with van der Waals surface area (Å²) in [5.74, 6) is -2.62. The molecule has 10 heteroatoms. The SMILES string of the molecule is O=C(Cc1ccsc1)N[C@@H](CCCSCC(=O)C(F)(F)F)C(=O)NC1CCCC1. The first kappa shape index (κ1) is 23.7. The van der Waals surface area contributed by atoms with Gasteiger partial charge in [-0.15, -0.1) is 0 Å². The minimum absolute atomic E-state index is 0.109. The molecule has 2 N–H and O–H groups in total. The molecule has 0 aliphatic heterocycles. The number of hydrogen-bond donors (Lipinski definition) is 2. The van der Waals surface area contributed by atoms with E-state index in [1.165, 1.54) is 11.3 Å². The molecule has 0 saturated heterocycles. The highest BCUT2D eigenvalue weighted by Crippen LogP contribution is 2.20. The lowest BCUT2D eigenvalue weighted by Crippen LogP contribution is -2.49. The van der Waals surface area contributed by atoms with Crippen LogP contribution >= 0.6 is 23.1 Å². The van der Waals surface area contributed by atoms with Crippen molar-refractivity contribution in [2.24, 2.45) is 0 Å². The molecular formula is C19H25F3N2O3S2. The Kier molecular flexibility index (Phi) is 9.48. The maximum atomic E-state index is 12.6. The van der Waals surface area contributed by atoms with Crippen LogP contribution in [0.2, 0.25) is 0 Å². The number of halogens is 3. The average Bonchev–Trinajstić information content (AvgIpc) is 3.33. The van der Waals surface area contributed by atoms with E-state index in [1.54, 1.807) is 0 Å². The van der Waals surface area contributed by atoms with Crippen molar-refractivity contribution in [2.75, 3.05) is 11.5 Å². The van der Waals surface area contributed by atoms with E-state index < -0.39 is 23.8 Å². The summed E-state index contributed by atoms with van der Waals surface area (Å²) < 4.78 is 36.7. The molecule has 1 fully saturated rings. The van der Waals surface area contributed by atoms with Gasteiger partial charge in [0.1, 0.15) is 6.04 Å². The summed E-state index contributed by atoms with van der Waals surface area (Å²) in [6.45, 7) is 0. The van der Waals surface area contributed by atoms with Crippen molar-refractivity contribution in [2.45, 2.75) is 63.2 Å². The second kappa shape index (κ2) is 11.6. The molecule has 2 amide bonds. The number of hydrogen-bond acceptors (Lipinski definition) is 5. The van der Waals surface area contributed by atoms with Crippen LogP contribution in [0.4, 0.5) is 13.2 Å². The fourth-order valence-corrected chi connectivity index (χ4v) is 4.63. The molecule has 1 aromatic rings. The Morgan fingerprint density at radius 1 is 1.24 bits per heavy atom. The summed E-state index contributed by atoms with van der Waals surface area (Å²) in [7, 11) is 0. The third-order valence-electron chi connectivity index (χ3n) is 4.63. The van der Waals surface area contributed by atoms with Crippen LogP contribution in [-0.2, 0) is 20.8 Å². The van der Waals surface area contributed by atoms with E-state index in [9.17, 15) is 27.6 Å². The minimum Gasteiger partial charge on any atom is -0.352 e. The van der Waals surface area contributed by atoms with Gasteiger partial charge < -0.3 is 10.6 Å². The number of carbonyl (C=O) groups excluding carboxylic acids is 3. The summed E-state index contributed by atoms with van der Waals surface area (Å²) in [5, 5.41) is 9.44. The van der Waals surface area contributed by atoms with Gasteiger partial charge in [-0.3, -0.25) is 14.4 Å². The van der Waals surface area contributed by atoms with Crippen LogP contribution < -0.4 is 10.6 Å². The lowest BCUT2D eigenvalue weighted by molar-refractivity contribution is -0.167. The molecule has 5 nitrogen and oxygen atoms in total. The minimum atomic E-state index is -4.81. The van der Waals surface area contributed by atoms with Crippen LogP contribution in [0, 0.1) is 0 Å². The molecule has 0 unspecified atom stereocenters. The number of Topliss-reactive ketones (excluding diaryl/α,β-unsaturated/α-hetero) is 1. The maximum absolute atomic E-state index is 12.6. The number of thiophene rings is 1. The lowest BCUT2D eigenvalue weighted by atomic mass is 10.1. The molecule has 2 rings (SSSR count). The van der Waals surface area contributed by atoms with Gasteiger partial charge in [-0.1, -0.05) is 12.8 Å². The molecule has 0 radical (unpaired) electrons. The summed E-state index contributed by atoms with van der Waals surface area (Å²) in [6, 6.07) is 1.21. The predicted octanol–water partition coefficient (Wildman–Crippen LogP) is 3.48.